The number of halogens is 2. The number of methoxy groups -OCH3 is 1. The van der Waals surface area contributed by atoms with E-state index in [4.69, 9.17) is 45.2 Å². The monoisotopic (exact) mass is 1780 g/mol. The Bertz CT molecular complexity index is 6040. The Labute approximate surface area is 759 Å². The van der Waals surface area contributed by atoms with E-state index < -0.39 is 82.1 Å². The van der Waals surface area contributed by atoms with Gasteiger partial charge in [0.15, 0.2) is 5.78 Å². The van der Waals surface area contributed by atoms with Crippen molar-refractivity contribution in [2.24, 2.45) is 5.92 Å². The average molecular weight is 1780 g/mol. The number of carbonyl (C=O) groups is 8. The van der Waals surface area contributed by atoms with E-state index in [1.807, 2.05) is 234 Å². The number of carboxylic acid groups (broad SMARTS) is 7. The number of benzene rings is 12. The van der Waals surface area contributed by atoms with Crippen molar-refractivity contribution in [3.05, 3.63) is 363 Å². The maximum atomic E-state index is 14.0. The van der Waals surface area contributed by atoms with E-state index in [0.29, 0.717) is 45.2 Å². The van der Waals surface area contributed by atoms with Crippen molar-refractivity contribution in [3.63, 3.8) is 0 Å². The number of fused-ring (bicyclic) bond motifs is 2. The summed E-state index contributed by atoms with van der Waals surface area (Å²) >= 11 is 0. The molecule has 0 bridgehead atoms. The summed E-state index contributed by atoms with van der Waals surface area (Å²) in [5.74, 6) is -6.07. The van der Waals surface area contributed by atoms with Crippen LogP contribution in [-0.2, 0) is 46.0 Å². The summed E-state index contributed by atoms with van der Waals surface area (Å²) in [5.41, 5.74) is 16.1. The van der Waals surface area contributed by atoms with Crippen molar-refractivity contribution in [3.8, 4) is 28.4 Å². The lowest BCUT2D eigenvalue weighted by Gasteiger charge is -2.23. The van der Waals surface area contributed by atoms with Gasteiger partial charge in [-0.05, 0) is 267 Å². The second-order valence-corrected chi connectivity index (χ2v) is 33.4. The minimum Gasteiger partial charge on any atom is -0.497 e. The molecule has 1 heterocycles. The third-order valence-corrected chi connectivity index (χ3v) is 23.3. The zero-order chi connectivity index (χ0) is 95.2. The van der Waals surface area contributed by atoms with Gasteiger partial charge in [0.1, 0.15) is 28.9 Å². The number of nitrogens with one attached hydrogen (secondary N) is 1. The predicted octanol–water partition coefficient (Wildman–Crippen LogP) is 23.7. The first kappa shape index (κ1) is 101. The Morgan fingerprint density at radius 2 is 1.03 bits per heavy atom. The highest BCUT2D eigenvalue weighted by molar-refractivity contribution is 7.84. The second kappa shape index (κ2) is 48.6. The molecule has 14 rings (SSSR count). The Morgan fingerprint density at radius 1 is 0.500 bits per heavy atom. The van der Waals surface area contributed by atoms with Gasteiger partial charge < -0.3 is 50.5 Å². The fourth-order valence-electron chi connectivity index (χ4n) is 14.3. The lowest BCUT2D eigenvalue weighted by atomic mass is 9.97. The van der Waals surface area contributed by atoms with Crippen LogP contribution in [0.25, 0.3) is 39.1 Å². The molecule has 8 N–H and O–H groups in total. The van der Waals surface area contributed by atoms with Crippen LogP contribution in [0.1, 0.15) is 180 Å². The third-order valence-electron chi connectivity index (χ3n) is 22.3. The first-order valence-corrected chi connectivity index (χ1v) is 43.7. The minimum atomic E-state index is -1.04. The first-order chi connectivity index (χ1) is 61.8. The van der Waals surface area contributed by atoms with Gasteiger partial charge in [0.25, 0.3) is 0 Å². The fraction of sp³-hybridized carbons (Fsp3) is 0.234. The number of ketones is 1. The summed E-state index contributed by atoms with van der Waals surface area (Å²) in [6.45, 7) is 18.8. The quantitative estimate of drug-likeness (QED) is 0.0246. The summed E-state index contributed by atoms with van der Waals surface area (Å²) in [7, 11) is 2.44. The van der Waals surface area contributed by atoms with Gasteiger partial charge in [-0.1, -0.05) is 207 Å². The number of carboxylic acids is 7. The SMILES string of the molecule is CC(C(=O)O)c1ccc(-c2ccccc2)c(F)c1.CC(C(=O)O)c1cccc(Oc2ccccc2)c1.CC(C)Cc1ccc(C(C)C(=O)O)cc1.CC1=C(CC(=O)O)c2cc(F)ccc2/C1=C\c1ccc(S(C)=O)cc1.COc1ccc2cc([C@H](C)C(=O)O)ccc2c1.Cc1ccc(C(=O)C2CCC(CC(=O)O)N2C)cc1.Cc1cccc(Nc2ccccc2C(=O)O)c1C. The summed E-state index contributed by atoms with van der Waals surface area (Å²) in [6.07, 6.45) is 6.08. The number of rotatable bonds is 25. The molecule has 130 heavy (non-hydrogen) atoms. The molecule has 20 nitrogen and oxygen atoms in total. The number of likely N-dealkylation sites (tertiary alicyclic amines) is 1. The minimum absolute atomic E-state index is 0.0306. The van der Waals surface area contributed by atoms with Crippen LogP contribution in [0.15, 0.2) is 283 Å². The van der Waals surface area contributed by atoms with E-state index in [2.05, 4.69) is 19.2 Å². The standard InChI is InChI=1S/C20H17FO3S.C15H13FO2.C15H19NO3.C15H15NO2.C15H14O3.C14H14O3.C13H18O2/c1-12-17(9-13-3-6-15(7-4-13)25(2)24)16-8-5-14(21)10-19(16)18(12)11-20(22)23;1-10(15(17)18)12-7-8-13(14(16)9-12)11-5-3-2-4-6-11;1-10-3-5-11(6-4-10)15(19)13-8-7-12(16(13)2)9-14(17)18;1-10-6-5-9-13(11(10)2)16-14-8-4-3-7-12(14)15(17)18;1-11(15(16)17)12-6-5-9-14(10-12)18-13-7-3-2-4-8-13;1-9(14(15)16)10-3-4-12-8-13(17-2)6-5-11(12)7-10;1-9(2)8-11-4-6-12(7-5-11)10(3)13(14)15/h3-10H,11H2,1-2H3,(H,22,23);2-10H,1H3,(H,17,18);3-6,12-13H,7-9H2,1-2H3,(H,17,18);3-9,16H,1-2H3,(H,17,18);2-11H,1H3,(H,16,17);3-9H,1-2H3,(H,15,16);4-7,9-10H,8H2,1-3H3,(H,14,15)/b17-9-;;;;;;/t;;;;;9-;/m.....0./s1. The van der Waals surface area contributed by atoms with Gasteiger partial charge in [0, 0.05) is 44.8 Å². The van der Waals surface area contributed by atoms with E-state index >= 15 is 0 Å². The smallest absolute Gasteiger partial charge is 0.337 e. The summed E-state index contributed by atoms with van der Waals surface area (Å²) in [6, 6.07) is 81.6. The molecule has 0 aromatic heterocycles. The molecule has 0 amide bonds. The number of hydrogen-bond acceptors (Lipinski definition) is 13. The maximum absolute atomic E-state index is 14.0. The molecule has 676 valence electrons. The van der Waals surface area contributed by atoms with Gasteiger partial charge >= 0.3 is 41.8 Å². The Morgan fingerprint density at radius 3 is 1.61 bits per heavy atom. The van der Waals surface area contributed by atoms with Crippen molar-refractivity contribution in [2.75, 3.05) is 25.7 Å². The van der Waals surface area contributed by atoms with Crippen LogP contribution >= 0.6 is 0 Å². The van der Waals surface area contributed by atoms with E-state index in [0.717, 1.165) is 108 Å². The van der Waals surface area contributed by atoms with Crippen LogP contribution in [0.3, 0.4) is 0 Å². The number of anilines is 2. The number of carbonyl (C=O) groups excluding carboxylic acids is 1. The molecule has 0 saturated carbocycles. The molecule has 23 heteroatoms. The van der Waals surface area contributed by atoms with Gasteiger partial charge in [-0.3, -0.25) is 42.7 Å². The number of Topliss-reactive ketones (excluding diaryl/α,β-unsaturated/α-hetero) is 1. The fourth-order valence-corrected chi connectivity index (χ4v) is 14.8. The molecule has 2 aliphatic rings. The number of aliphatic carboxylic acids is 6. The number of para-hydroxylation sites is 2. The van der Waals surface area contributed by atoms with Crippen LogP contribution in [0.5, 0.6) is 17.2 Å². The Hall–Kier alpha value is -14.3. The molecule has 6 unspecified atom stereocenters. The second-order valence-electron chi connectivity index (χ2n) is 32.1. The van der Waals surface area contributed by atoms with Gasteiger partial charge in [0.05, 0.1) is 60.9 Å². The topological polar surface area (TPSA) is 329 Å². The Balaban J connectivity index is 0.000000188. The maximum Gasteiger partial charge on any atom is 0.337 e. The number of nitrogens with zero attached hydrogens (tertiary/aromatic N) is 1. The van der Waals surface area contributed by atoms with Gasteiger partial charge in [0.2, 0.25) is 0 Å². The largest absolute Gasteiger partial charge is 0.497 e. The number of allylic oxidation sites excluding steroid dienone is 2. The van der Waals surface area contributed by atoms with Crippen LogP contribution < -0.4 is 14.8 Å². The molecule has 0 spiro atoms. The molecule has 1 fully saturated rings. The third kappa shape index (κ3) is 29.4. The molecular weight excluding hydrogens is 1670 g/mol. The molecular formula is C107H110F2N2O18S. The molecule has 1 aliphatic carbocycles. The first-order valence-electron chi connectivity index (χ1n) is 42.2. The van der Waals surface area contributed by atoms with E-state index in [-0.39, 0.29) is 42.1 Å². The number of ether oxygens (including phenoxy) is 2. The lowest BCUT2D eigenvalue weighted by molar-refractivity contribution is -0.139. The van der Waals surface area contributed by atoms with Crippen molar-refractivity contribution >= 4 is 97.7 Å². The van der Waals surface area contributed by atoms with Crippen molar-refractivity contribution in [1.82, 2.24) is 4.90 Å². The molecule has 12 aromatic carbocycles. The van der Waals surface area contributed by atoms with Crippen molar-refractivity contribution in [2.45, 2.75) is 142 Å². The van der Waals surface area contributed by atoms with Crippen LogP contribution in [0.4, 0.5) is 20.2 Å². The zero-order valence-electron chi connectivity index (χ0n) is 74.9. The normalized spacial score (nSPS) is 14.4. The number of likely N-dealkylation sites (N-methyl/N-ethyl adjacent to an activating group) is 1. The highest BCUT2D eigenvalue weighted by atomic mass is 32.2. The van der Waals surface area contributed by atoms with E-state index in [9.17, 15) is 51.3 Å². The predicted molar refractivity (Wildman–Crippen MR) is 507 cm³/mol. The molecule has 12 aromatic rings. The summed E-state index contributed by atoms with van der Waals surface area (Å²) in [5, 5.41) is 68.1. The highest BCUT2D eigenvalue weighted by Gasteiger charge is 2.37. The average Bonchev–Trinajstić information content (AvgIpc) is 1.60. The van der Waals surface area contributed by atoms with Crippen LogP contribution in [0.2, 0.25) is 0 Å². The van der Waals surface area contributed by atoms with Crippen LogP contribution in [-0.4, -0.2) is 125 Å². The van der Waals surface area contributed by atoms with Gasteiger partial charge in [-0.25, -0.2) is 13.6 Å². The number of hydrogen-bond donors (Lipinski definition) is 8. The molecule has 7 atom stereocenters. The Kier molecular flexibility index (Phi) is 37.8. The lowest BCUT2D eigenvalue weighted by Crippen LogP contribution is -2.38. The number of aryl methyl sites for hydroxylation is 2. The van der Waals surface area contributed by atoms with Crippen molar-refractivity contribution < 1.29 is 96.6 Å². The van der Waals surface area contributed by atoms with E-state index in [1.54, 1.807) is 108 Å². The number of aromatic carboxylic acids is 1. The highest BCUT2D eigenvalue weighted by Crippen LogP contribution is 2.44. The van der Waals surface area contributed by atoms with Crippen LogP contribution in [0, 0.1) is 38.3 Å². The van der Waals surface area contributed by atoms with Crippen molar-refractivity contribution in [1.29, 1.82) is 0 Å². The molecule has 1 aliphatic heterocycles. The van der Waals surface area contributed by atoms with Gasteiger partial charge in [-0.2, -0.15) is 0 Å². The summed E-state index contributed by atoms with van der Waals surface area (Å²) < 4.78 is 49.9. The summed E-state index contributed by atoms with van der Waals surface area (Å²) in [4.78, 5) is 91.6. The van der Waals surface area contributed by atoms with Gasteiger partial charge in [-0.15, -0.1) is 0 Å². The molecule has 1 saturated heterocycles. The zero-order valence-corrected chi connectivity index (χ0v) is 75.7. The van der Waals surface area contributed by atoms with E-state index in [1.165, 1.54) is 29.3 Å². The molecule has 0 radical (unpaired) electrons.